The molecule has 2 aromatic heterocycles. The van der Waals surface area contributed by atoms with E-state index in [2.05, 4.69) is 37.5 Å². The van der Waals surface area contributed by atoms with Crippen LogP contribution in [-0.2, 0) is 0 Å². The molecule has 2 N–H and O–H groups in total. The molecule has 8 nitrogen and oxygen atoms in total. The highest BCUT2D eigenvalue weighted by Gasteiger charge is 2.20. The lowest BCUT2D eigenvalue weighted by Crippen LogP contribution is -2.47. The van der Waals surface area contributed by atoms with E-state index in [1.807, 2.05) is 59.5 Å². The Labute approximate surface area is 192 Å². The highest BCUT2D eigenvalue weighted by Crippen LogP contribution is 2.21. The van der Waals surface area contributed by atoms with E-state index in [-0.39, 0.29) is 5.91 Å². The SMILES string of the molecule is CN1CCN(C(=O)c2ccc(Nc3nccc(Nc4cnc5ccccc5c4)n3)cc2)CC1. The van der Waals surface area contributed by atoms with Gasteiger partial charge in [-0.1, -0.05) is 18.2 Å². The van der Waals surface area contributed by atoms with Gasteiger partial charge in [-0.05, 0) is 49.5 Å². The Kier molecular flexibility index (Phi) is 5.82. The average molecular weight is 440 g/mol. The number of piperazine rings is 1. The van der Waals surface area contributed by atoms with Gasteiger partial charge in [0.05, 0.1) is 17.4 Å². The first-order valence-electron chi connectivity index (χ1n) is 10.9. The van der Waals surface area contributed by atoms with Gasteiger partial charge < -0.3 is 20.4 Å². The van der Waals surface area contributed by atoms with Gasteiger partial charge in [-0.25, -0.2) is 4.98 Å². The summed E-state index contributed by atoms with van der Waals surface area (Å²) >= 11 is 0. The summed E-state index contributed by atoms with van der Waals surface area (Å²) in [4.78, 5) is 30.2. The van der Waals surface area contributed by atoms with E-state index in [0.717, 1.165) is 48.5 Å². The van der Waals surface area contributed by atoms with Crippen LogP contribution >= 0.6 is 0 Å². The van der Waals surface area contributed by atoms with E-state index in [1.165, 1.54) is 0 Å². The number of hydrogen-bond acceptors (Lipinski definition) is 7. The maximum atomic E-state index is 12.7. The molecule has 1 aliphatic rings. The molecule has 2 aromatic carbocycles. The zero-order chi connectivity index (χ0) is 22.6. The number of aromatic nitrogens is 3. The molecule has 3 heterocycles. The number of anilines is 4. The van der Waals surface area contributed by atoms with E-state index >= 15 is 0 Å². The van der Waals surface area contributed by atoms with E-state index in [0.29, 0.717) is 17.3 Å². The number of carbonyl (C=O) groups is 1. The lowest BCUT2D eigenvalue weighted by Gasteiger charge is -2.32. The first kappa shape index (κ1) is 20.8. The fourth-order valence-electron chi connectivity index (χ4n) is 3.79. The number of nitrogens with zero attached hydrogens (tertiary/aromatic N) is 5. The second-order valence-corrected chi connectivity index (χ2v) is 8.11. The molecule has 1 saturated heterocycles. The standard InChI is InChI=1S/C25H25N7O/c1-31-12-14-32(15-13-31)24(33)18-6-8-20(9-7-18)29-25-26-11-10-23(30-25)28-21-16-19-4-2-3-5-22(19)27-17-21/h2-11,16-17H,12-15H2,1H3,(H2,26,28,29,30). The van der Waals surface area contributed by atoms with E-state index < -0.39 is 0 Å². The predicted molar refractivity (Wildman–Crippen MR) is 130 cm³/mol. The quantitative estimate of drug-likeness (QED) is 0.488. The Bertz CT molecular complexity index is 1270. The summed E-state index contributed by atoms with van der Waals surface area (Å²) in [6, 6.07) is 19.2. The summed E-state index contributed by atoms with van der Waals surface area (Å²) in [5.74, 6) is 1.19. The topological polar surface area (TPSA) is 86.3 Å². The van der Waals surface area contributed by atoms with Crippen LogP contribution in [0.25, 0.3) is 10.9 Å². The monoisotopic (exact) mass is 439 g/mol. The first-order valence-corrected chi connectivity index (χ1v) is 10.9. The van der Waals surface area contributed by atoms with Crippen LogP contribution in [0.5, 0.6) is 0 Å². The highest BCUT2D eigenvalue weighted by atomic mass is 16.2. The second-order valence-electron chi connectivity index (χ2n) is 8.11. The van der Waals surface area contributed by atoms with Gasteiger partial charge in [0.15, 0.2) is 0 Å². The van der Waals surface area contributed by atoms with Crippen LogP contribution in [0.15, 0.2) is 73.1 Å². The van der Waals surface area contributed by atoms with Gasteiger partial charge in [-0.15, -0.1) is 0 Å². The van der Waals surface area contributed by atoms with Gasteiger partial charge in [-0.2, -0.15) is 4.98 Å². The van der Waals surface area contributed by atoms with Crippen molar-refractivity contribution in [1.82, 2.24) is 24.8 Å². The number of nitrogens with one attached hydrogen (secondary N) is 2. The molecule has 4 aromatic rings. The average Bonchev–Trinajstić information content (AvgIpc) is 2.85. The summed E-state index contributed by atoms with van der Waals surface area (Å²) in [7, 11) is 2.08. The number of amides is 1. The lowest BCUT2D eigenvalue weighted by molar-refractivity contribution is 0.0664. The predicted octanol–water partition coefficient (Wildman–Crippen LogP) is 3.90. The summed E-state index contributed by atoms with van der Waals surface area (Å²) in [6.07, 6.45) is 3.48. The molecule has 1 amide bonds. The van der Waals surface area contributed by atoms with E-state index in [9.17, 15) is 4.79 Å². The molecule has 0 saturated carbocycles. The van der Waals surface area contributed by atoms with Crippen molar-refractivity contribution >= 4 is 40.0 Å². The Balaban J connectivity index is 1.25. The molecule has 0 bridgehead atoms. The highest BCUT2D eigenvalue weighted by molar-refractivity contribution is 5.94. The van der Waals surface area contributed by atoms with Gasteiger partial charge in [0.25, 0.3) is 5.91 Å². The van der Waals surface area contributed by atoms with Crippen molar-refractivity contribution < 1.29 is 4.79 Å². The first-order chi connectivity index (χ1) is 16.1. The van der Waals surface area contributed by atoms with Crippen LogP contribution in [0, 0.1) is 0 Å². The van der Waals surface area contributed by atoms with Crippen LogP contribution in [0.2, 0.25) is 0 Å². The van der Waals surface area contributed by atoms with E-state index in [1.54, 1.807) is 18.5 Å². The van der Waals surface area contributed by atoms with Gasteiger partial charge >= 0.3 is 0 Å². The normalized spacial score (nSPS) is 14.3. The number of rotatable bonds is 5. The molecular formula is C25H25N7O. The molecule has 0 unspecified atom stereocenters. The number of para-hydroxylation sites is 1. The third kappa shape index (κ3) is 4.91. The summed E-state index contributed by atoms with van der Waals surface area (Å²) in [5.41, 5.74) is 3.30. The van der Waals surface area contributed by atoms with Crippen molar-refractivity contribution in [2.45, 2.75) is 0 Å². The zero-order valence-corrected chi connectivity index (χ0v) is 18.4. The van der Waals surface area contributed by atoms with Gasteiger partial charge in [0.1, 0.15) is 5.82 Å². The van der Waals surface area contributed by atoms with Crippen molar-refractivity contribution in [1.29, 1.82) is 0 Å². The van der Waals surface area contributed by atoms with Gasteiger partial charge in [0.2, 0.25) is 5.95 Å². The van der Waals surface area contributed by atoms with Crippen LogP contribution in [-0.4, -0.2) is 63.9 Å². The molecule has 1 aliphatic heterocycles. The molecule has 0 spiro atoms. The molecule has 33 heavy (non-hydrogen) atoms. The van der Waals surface area contributed by atoms with E-state index in [4.69, 9.17) is 0 Å². The minimum atomic E-state index is 0.0705. The molecule has 5 rings (SSSR count). The number of pyridine rings is 1. The molecule has 0 aliphatic carbocycles. The Morgan fingerprint density at radius 1 is 0.879 bits per heavy atom. The maximum Gasteiger partial charge on any atom is 0.253 e. The van der Waals surface area contributed by atoms with Crippen LogP contribution in [0.4, 0.5) is 23.1 Å². The third-order valence-electron chi connectivity index (χ3n) is 5.70. The number of benzene rings is 2. The molecule has 0 atom stereocenters. The van der Waals surface area contributed by atoms with Crippen LogP contribution in [0.3, 0.4) is 0 Å². The van der Waals surface area contributed by atoms with Crippen molar-refractivity contribution in [3.05, 3.63) is 78.6 Å². The largest absolute Gasteiger partial charge is 0.339 e. The van der Waals surface area contributed by atoms with Crippen LogP contribution in [0.1, 0.15) is 10.4 Å². The van der Waals surface area contributed by atoms with Crippen molar-refractivity contribution in [3.8, 4) is 0 Å². The summed E-state index contributed by atoms with van der Waals surface area (Å²) in [5, 5.41) is 7.54. The Morgan fingerprint density at radius 2 is 1.67 bits per heavy atom. The smallest absolute Gasteiger partial charge is 0.253 e. The number of likely N-dealkylation sites (N-methyl/N-ethyl adjacent to an activating group) is 1. The summed E-state index contributed by atoms with van der Waals surface area (Å²) < 4.78 is 0. The minimum absolute atomic E-state index is 0.0705. The van der Waals surface area contributed by atoms with Crippen molar-refractivity contribution in [2.75, 3.05) is 43.9 Å². The lowest BCUT2D eigenvalue weighted by atomic mass is 10.1. The fourth-order valence-corrected chi connectivity index (χ4v) is 3.79. The van der Waals surface area contributed by atoms with Crippen LogP contribution < -0.4 is 10.6 Å². The number of carbonyl (C=O) groups excluding carboxylic acids is 1. The van der Waals surface area contributed by atoms with Crippen molar-refractivity contribution in [3.63, 3.8) is 0 Å². The number of fused-ring (bicyclic) bond motifs is 1. The summed E-state index contributed by atoms with van der Waals surface area (Å²) in [6.45, 7) is 3.33. The second kappa shape index (κ2) is 9.22. The van der Waals surface area contributed by atoms with Gasteiger partial charge in [0, 0.05) is 49.0 Å². The molecular weight excluding hydrogens is 414 g/mol. The Hall–Kier alpha value is -4.04. The fraction of sp³-hybridized carbons (Fsp3) is 0.200. The molecule has 8 heteroatoms. The molecule has 0 radical (unpaired) electrons. The number of hydrogen-bond donors (Lipinski definition) is 2. The minimum Gasteiger partial charge on any atom is -0.339 e. The Morgan fingerprint density at radius 3 is 2.48 bits per heavy atom. The molecule has 1 fully saturated rings. The maximum absolute atomic E-state index is 12.7. The molecule has 166 valence electrons. The van der Waals surface area contributed by atoms with Gasteiger partial charge in [-0.3, -0.25) is 9.78 Å². The van der Waals surface area contributed by atoms with Crippen molar-refractivity contribution in [2.24, 2.45) is 0 Å². The zero-order valence-electron chi connectivity index (χ0n) is 18.4. The third-order valence-corrected chi connectivity index (χ3v) is 5.70.